The number of rotatable bonds is 6. The van der Waals surface area contributed by atoms with Gasteiger partial charge in [0.05, 0.1) is 17.7 Å². The maximum Gasteiger partial charge on any atom is 0.337 e. The summed E-state index contributed by atoms with van der Waals surface area (Å²) in [5.74, 6) is -1.47. The van der Waals surface area contributed by atoms with Gasteiger partial charge in [-0.05, 0) is 35.9 Å². The average molecular weight is 359 g/mol. The van der Waals surface area contributed by atoms with E-state index in [-0.39, 0.29) is 5.78 Å². The molecule has 0 saturated carbocycles. The number of carbonyl (C=O) groups excluding carboxylic acids is 3. The van der Waals surface area contributed by atoms with E-state index in [1.165, 1.54) is 19.3 Å². The first-order valence-corrected chi connectivity index (χ1v) is 7.70. The number of benzene rings is 2. The van der Waals surface area contributed by atoms with Crippen LogP contribution in [0.25, 0.3) is 6.08 Å². The number of ketones is 1. The molecule has 0 unspecified atom stereocenters. The summed E-state index contributed by atoms with van der Waals surface area (Å²) in [5, 5.41) is 0.310. The molecule has 0 amide bonds. The van der Waals surface area contributed by atoms with Gasteiger partial charge in [0.25, 0.3) is 0 Å². The summed E-state index contributed by atoms with van der Waals surface area (Å²) in [4.78, 5) is 35.0. The predicted molar refractivity (Wildman–Crippen MR) is 93.6 cm³/mol. The number of esters is 2. The van der Waals surface area contributed by atoms with Gasteiger partial charge in [0.15, 0.2) is 6.61 Å². The first-order chi connectivity index (χ1) is 12.0. The molecule has 0 spiro atoms. The molecule has 0 N–H and O–H groups in total. The Morgan fingerprint density at radius 2 is 1.72 bits per heavy atom. The van der Waals surface area contributed by atoms with Crippen LogP contribution in [0.3, 0.4) is 0 Å². The zero-order valence-electron chi connectivity index (χ0n) is 13.4. The van der Waals surface area contributed by atoms with Gasteiger partial charge in [-0.25, -0.2) is 9.59 Å². The molecule has 2 aromatic rings. The molecule has 128 valence electrons. The van der Waals surface area contributed by atoms with Crippen molar-refractivity contribution in [3.63, 3.8) is 0 Å². The number of methoxy groups -OCH3 is 1. The van der Waals surface area contributed by atoms with Gasteiger partial charge >= 0.3 is 11.9 Å². The van der Waals surface area contributed by atoms with Gasteiger partial charge in [-0.3, -0.25) is 4.79 Å². The second kappa shape index (κ2) is 8.80. The van der Waals surface area contributed by atoms with Crippen molar-refractivity contribution < 1.29 is 23.9 Å². The molecule has 0 saturated heterocycles. The van der Waals surface area contributed by atoms with E-state index >= 15 is 0 Å². The number of hydrogen-bond donors (Lipinski definition) is 0. The lowest BCUT2D eigenvalue weighted by Crippen LogP contribution is -2.12. The molecule has 0 aliphatic heterocycles. The van der Waals surface area contributed by atoms with Crippen molar-refractivity contribution in [3.8, 4) is 0 Å². The minimum absolute atomic E-state index is 0.305. The lowest BCUT2D eigenvalue weighted by Gasteiger charge is -2.03. The molecule has 5 nitrogen and oxygen atoms in total. The molecule has 0 bridgehead atoms. The molecule has 0 aliphatic rings. The quantitative estimate of drug-likeness (QED) is 0.448. The summed E-state index contributed by atoms with van der Waals surface area (Å²) >= 11 is 5.91. The molecule has 25 heavy (non-hydrogen) atoms. The summed E-state index contributed by atoms with van der Waals surface area (Å²) in [7, 11) is 1.30. The van der Waals surface area contributed by atoms with E-state index < -0.39 is 18.5 Å². The third-order valence-corrected chi connectivity index (χ3v) is 3.59. The van der Waals surface area contributed by atoms with Crippen molar-refractivity contribution in [2.24, 2.45) is 0 Å². The normalized spacial score (nSPS) is 10.5. The van der Waals surface area contributed by atoms with Gasteiger partial charge < -0.3 is 9.47 Å². The van der Waals surface area contributed by atoms with Gasteiger partial charge in [-0.15, -0.1) is 0 Å². The number of carbonyl (C=O) groups is 3. The highest BCUT2D eigenvalue weighted by molar-refractivity contribution is 6.34. The van der Waals surface area contributed by atoms with Gasteiger partial charge in [0.2, 0.25) is 5.78 Å². The zero-order valence-corrected chi connectivity index (χ0v) is 14.2. The summed E-state index contributed by atoms with van der Waals surface area (Å²) in [6, 6.07) is 13.0. The topological polar surface area (TPSA) is 69.7 Å². The molecule has 0 heterocycles. The van der Waals surface area contributed by atoms with Crippen LogP contribution in [0, 0.1) is 0 Å². The third kappa shape index (κ3) is 5.29. The van der Waals surface area contributed by atoms with Crippen LogP contribution in [0.15, 0.2) is 54.6 Å². The van der Waals surface area contributed by atoms with E-state index in [2.05, 4.69) is 4.74 Å². The van der Waals surface area contributed by atoms with Gasteiger partial charge in [0.1, 0.15) is 0 Å². The Morgan fingerprint density at radius 3 is 2.36 bits per heavy atom. The van der Waals surface area contributed by atoms with Gasteiger partial charge in [-0.1, -0.05) is 35.9 Å². The van der Waals surface area contributed by atoms with Crippen LogP contribution >= 0.6 is 11.6 Å². The highest BCUT2D eigenvalue weighted by atomic mass is 35.5. The number of halogens is 1. The van der Waals surface area contributed by atoms with Crippen LogP contribution in [0.2, 0.25) is 5.02 Å². The monoisotopic (exact) mass is 358 g/mol. The summed E-state index contributed by atoms with van der Waals surface area (Å²) in [5.41, 5.74) is 1.41. The van der Waals surface area contributed by atoms with Crippen LogP contribution in [0.1, 0.15) is 26.3 Å². The fourth-order valence-corrected chi connectivity index (χ4v) is 2.20. The summed E-state index contributed by atoms with van der Waals surface area (Å²) < 4.78 is 9.51. The molecular formula is C19H15ClO5. The van der Waals surface area contributed by atoms with Crippen molar-refractivity contribution in [1.29, 1.82) is 0 Å². The van der Waals surface area contributed by atoms with Crippen molar-refractivity contribution in [1.82, 2.24) is 0 Å². The van der Waals surface area contributed by atoms with E-state index in [1.54, 1.807) is 48.5 Å². The lowest BCUT2D eigenvalue weighted by atomic mass is 10.1. The van der Waals surface area contributed by atoms with Crippen LogP contribution in [0.4, 0.5) is 0 Å². The van der Waals surface area contributed by atoms with E-state index in [0.29, 0.717) is 21.7 Å². The number of Topliss-reactive ketones (excluding diaryl/α,β-unsaturated/α-hetero) is 1. The first-order valence-electron chi connectivity index (χ1n) is 7.32. The fraction of sp³-hybridized carbons (Fsp3) is 0.105. The van der Waals surface area contributed by atoms with Crippen LogP contribution in [-0.4, -0.2) is 31.4 Å². The second-order valence-corrected chi connectivity index (χ2v) is 5.36. The molecule has 2 aromatic carbocycles. The minimum Gasteiger partial charge on any atom is -0.465 e. The van der Waals surface area contributed by atoms with Crippen molar-refractivity contribution >= 4 is 35.4 Å². The first kappa shape index (κ1) is 18.4. The van der Waals surface area contributed by atoms with Gasteiger partial charge in [0, 0.05) is 11.6 Å². The average Bonchev–Trinajstić information content (AvgIpc) is 2.64. The van der Waals surface area contributed by atoms with E-state index in [0.717, 1.165) is 0 Å². The predicted octanol–water partition coefficient (Wildman–Crippen LogP) is 3.57. The van der Waals surface area contributed by atoms with Gasteiger partial charge in [-0.2, -0.15) is 0 Å². The van der Waals surface area contributed by atoms with E-state index in [1.807, 2.05) is 0 Å². The Hall–Kier alpha value is -2.92. The largest absolute Gasteiger partial charge is 0.465 e. The Bertz CT molecular complexity index is 809. The molecule has 0 atom stereocenters. The minimum atomic E-state index is -0.655. The Morgan fingerprint density at radius 1 is 1.04 bits per heavy atom. The van der Waals surface area contributed by atoms with Crippen molar-refractivity contribution in [3.05, 3.63) is 76.3 Å². The molecule has 0 aliphatic carbocycles. The highest BCUT2D eigenvalue weighted by Crippen LogP contribution is 2.15. The molecule has 2 rings (SSSR count). The standard InChI is InChI=1S/C19H15ClO5/c1-24-19(23)14-9-6-13(7-10-14)8-11-18(22)25-12-17(21)15-4-2-3-5-16(15)20/h2-11H,12H2,1H3/b11-8+. The summed E-state index contributed by atoms with van der Waals surface area (Å²) in [6.07, 6.45) is 2.72. The third-order valence-electron chi connectivity index (χ3n) is 3.26. The van der Waals surface area contributed by atoms with Crippen LogP contribution in [-0.2, 0) is 14.3 Å². The highest BCUT2D eigenvalue weighted by Gasteiger charge is 2.11. The smallest absolute Gasteiger partial charge is 0.337 e. The maximum atomic E-state index is 11.9. The second-order valence-electron chi connectivity index (χ2n) is 4.96. The Kier molecular flexibility index (Phi) is 6.48. The molecule has 0 aromatic heterocycles. The maximum absolute atomic E-state index is 11.9. The lowest BCUT2D eigenvalue weighted by molar-refractivity contribution is -0.136. The zero-order chi connectivity index (χ0) is 18.2. The number of hydrogen-bond acceptors (Lipinski definition) is 5. The molecule has 6 heteroatoms. The van der Waals surface area contributed by atoms with E-state index in [4.69, 9.17) is 16.3 Å². The Balaban J connectivity index is 1.89. The molecular weight excluding hydrogens is 344 g/mol. The van der Waals surface area contributed by atoms with E-state index in [9.17, 15) is 14.4 Å². The summed E-state index contributed by atoms with van der Waals surface area (Å²) in [6.45, 7) is -0.395. The Labute approximate surface area is 149 Å². The van der Waals surface area contributed by atoms with Crippen molar-refractivity contribution in [2.75, 3.05) is 13.7 Å². The van der Waals surface area contributed by atoms with Crippen molar-refractivity contribution in [2.45, 2.75) is 0 Å². The van der Waals surface area contributed by atoms with Crippen LogP contribution < -0.4 is 0 Å². The molecule has 0 radical (unpaired) electrons. The number of ether oxygens (including phenoxy) is 2. The molecule has 0 fully saturated rings. The SMILES string of the molecule is COC(=O)c1ccc(/C=C/C(=O)OCC(=O)c2ccccc2Cl)cc1. The fourth-order valence-electron chi connectivity index (χ4n) is 1.96. The van der Waals surface area contributed by atoms with Crippen LogP contribution in [0.5, 0.6) is 0 Å².